The minimum absolute atomic E-state index is 0.0578. The number of ether oxygens (including phenoxy) is 3. The van der Waals surface area contributed by atoms with Crippen LogP contribution in [-0.4, -0.2) is 42.2 Å². The zero-order chi connectivity index (χ0) is 17.8. The second-order valence-corrected chi connectivity index (χ2v) is 4.90. The van der Waals surface area contributed by atoms with Crippen molar-refractivity contribution >= 4 is 16.9 Å². The smallest absolute Gasteiger partial charge is 0.322 e. The van der Waals surface area contributed by atoms with Crippen molar-refractivity contribution in [3.05, 3.63) is 35.9 Å². The molecule has 3 aromatic rings. The first-order valence-electron chi connectivity index (χ1n) is 7.32. The molecule has 9 heteroatoms. The van der Waals surface area contributed by atoms with E-state index in [9.17, 15) is 4.79 Å². The lowest BCUT2D eigenvalue weighted by Crippen LogP contribution is -2.23. The number of furan rings is 1. The molecule has 2 heterocycles. The predicted octanol–water partition coefficient (Wildman–Crippen LogP) is 1.57. The molecular weight excluding hydrogens is 328 g/mol. The first kappa shape index (κ1) is 16.5. The third-order valence-electron chi connectivity index (χ3n) is 3.36. The van der Waals surface area contributed by atoms with Crippen LogP contribution in [0.5, 0.6) is 17.8 Å². The van der Waals surface area contributed by atoms with Crippen molar-refractivity contribution in [3.63, 3.8) is 0 Å². The average molecular weight is 344 g/mol. The number of para-hydroxylation sites is 1. The van der Waals surface area contributed by atoms with E-state index in [-0.39, 0.29) is 24.3 Å². The average Bonchev–Trinajstić information content (AvgIpc) is 3.10. The van der Waals surface area contributed by atoms with Gasteiger partial charge in [-0.25, -0.2) is 0 Å². The molecule has 0 aliphatic rings. The third kappa shape index (κ3) is 3.44. The number of carbonyl (C=O) groups is 1. The molecule has 0 saturated carbocycles. The molecule has 0 fully saturated rings. The summed E-state index contributed by atoms with van der Waals surface area (Å²) in [4.78, 5) is 24.3. The number of benzene rings is 1. The van der Waals surface area contributed by atoms with Crippen molar-refractivity contribution in [1.82, 2.24) is 20.3 Å². The highest BCUT2D eigenvalue weighted by Crippen LogP contribution is 2.28. The summed E-state index contributed by atoms with van der Waals surface area (Å²) in [5.74, 6) is 0.610. The SMILES string of the molecule is COc1nc(CNC(=O)c2cc3cccc(OC)c3o2)nc(OC)n1. The Hall–Kier alpha value is -3.36. The van der Waals surface area contributed by atoms with Crippen molar-refractivity contribution in [2.75, 3.05) is 21.3 Å². The van der Waals surface area contributed by atoms with Crippen LogP contribution in [0.15, 0.2) is 28.7 Å². The Morgan fingerprint density at radius 3 is 2.44 bits per heavy atom. The quantitative estimate of drug-likeness (QED) is 0.718. The predicted molar refractivity (Wildman–Crippen MR) is 86.9 cm³/mol. The van der Waals surface area contributed by atoms with Gasteiger partial charge in [0.2, 0.25) is 0 Å². The van der Waals surface area contributed by atoms with Gasteiger partial charge in [0.1, 0.15) is 0 Å². The van der Waals surface area contributed by atoms with E-state index in [1.54, 1.807) is 19.2 Å². The van der Waals surface area contributed by atoms with Crippen LogP contribution in [0.1, 0.15) is 16.4 Å². The van der Waals surface area contributed by atoms with E-state index in [4.69, 9.17) is 18.6 Å². The first-order valence-corrected chi connectivity index (χ1v) is 7.32. The normalized spacial score (nSPS) is 10.5. The highest BCUT2D eigenvalue weighted by atomic mass is 16.5. The molecule has 130 valence electrons. The van der Waals surface area contributed by atoms with E-state index < -0.39 is 5.91 Å². The second-order valence-electron chi connectivity index (χ2n) is 4.90. The lowest BCUT2D eigenvalue weighted by Gasteiger charge is -2.05. The molecule has 1 amide bonds. The number of aromatic nitrogens is 3. The Labute approximate surface area is 143 Å². The first-order chi connectivity index (χ1) is 12.1. The van der Waals surface area contributed by atoms with Gasteiger partial charge in [0.05, 0.1) is 27.9 Å². The minimum Gasteiger partial charge on any atom is -0.493 e. The molecule has 0 atom stereocenters. The van der Waals surface area contributed by atoms with E-state index in [0.29, 0.717) is 17.2 Å². The molecule has 0 unspecified atom stereocenters. The van der Waals surface area contributed by atoms with Crippen molar-refractivity contribution in [3.8, 4) is 17.8 Å². The number of rotatable bonds is 6. The summed E-state index contributed by atoms with van der Waals surface area (Å²) in [5.41, 5.74) is 0.513. The van der Waals surface area contributed by atoms with Gasteiger partial charge in [0.15, 0.2) is 22.9 Å². The van der Waals surface area contributed by atoms with E-state index in [1.165, 1.54) is 14.2 Å². The van der Waals surface area contributed by atoms with Crippen molar-refractivity contribution in [1.29, 1.82) is 0 Å². The van der Waals surface area contributed by atoms with Crippen LogP contribution in [-0.2, 0) is 6.54 Å². The van der Waals surface area contributed by atoms with Crippen molar-refractivity contribution < 1.29 is 23.4 Å². The molecule has 0 aliphatic heterocycles. The van der Waals surface area contributed by atoms with Crippen LogP contribution in [0, 0.1) is 0 Å². The Morgan fingerprint density at radius 1 is 1.08 bits per heavy atom. The number of amides is 1. The van der Waals surface area contributed by atoms with Gasteiger partial charge in [0.25, 0.3) is 5.91 Å². The fourth-order valence-electron chi connectivity index (χ4n) is 2.19. The summed E-state index contributed by atoms with van der Waals surface area (Å²) < 4.78 is 20.7. The molecule has 25 heavy (non-hydrogen) atoms. The van der Waals surface area contributed by atoms with Gasteiger partial charge in [0, 0.05) is 5.39 Å². The number of carbonyl (C=O) groups excluding carboxylic acids is 1. The molecule has 0 aliphatic carbocycles. The summed E-state index contributed by atoms with van der Waals surface area (Å²) in [5, 5.41) is 3.45. The fraction of sp³-hybridized carbons (Fsp3) is 0.250. The van der Waals surface area contributed by atoms with Crippen molar-refractivity contribution in [2.24, 2.45) is 0 Å². The molecule has 0 saturated heterocycles. The number of nitrogens with one attached hydrogen (secondary N) is 1. The number of hydrogen-bond acceptors (Lipinski definition) is 8. The summed E-state index contributed by atoms with van der Waals surface area (Å²) >= 11 is 0. The number of nitrogens with zero attached hydrogens (tertiary/aromatic N) is 3. The maximum Gasteiger partial charge on any atom is 0.322 e. The van der Waals surface area contributed by atoms with Crippen LogP contribution in [0.3, 0.4) is 0 Å². The molecule has 0 bridgehead atoms. The van der Waals surface area contributed by atoms with E-state index in [1.807, 2.05) is 12.1 Å². The molecule has 1 aromatic carbocycles. The van der Waals surface area contributed by atoms with E-state index >= 15 is 0 Å². The van der Waals surface area contributed by atoms with Crippen LogP contribution in [0.2, 0.25) is 0 Å². The molecule has 9 nitrogen and oxygen atoms in total. The van der Waals surface area contributed by atoms with Gasteiger partial charge in [-0.3, -0.25) is 4.79 Å². The number of hydrogen-bond donors (Lipinski definition) is 1. The van der Waals surface area contributed by atoms with Gasteiger partial charge in [-0.1, -0.05) is 12.1 Å². The number of methoxy groups -OCH3 is 3. The van der Waals surface area contributed by atoms with Crippen LogP contribution < -0.4 is 19.5 Å². The highest BCUT2D eigenvalue weighted by molar-refractivity contribution is 5.97. The number of fused-ring (bicyclic) bond motifs is 1. The molecular formula is C16H16N4O5. The van der Waals surface area contributed by atoms with Gasteiger partial charge < -0.3 is 23.9 Å². The molecule has 0 radical (unpaired) electrons. The Morgan fingerprint density at radius 2 is 1.80 bits per heavy atom. The Bertz CT molecular complexity index is 886. The van der Waals surface area contributed by atoms with Gasteiger partial charge in [-0.2, -0.15) is 9.97 Å². The van der Waals surface area contributed by atoms with Crippen LogP contribution in [0.25, 0.3) is 11.0 Å². The summed E-state index contributed by atoms with van der Waals surface area (Å²) in [7, 11) is 4.40. The summed E-state index contributed by atoms with van der Waals surface area (Å²) in [6.07, 6.45) is 0. The summed E-state index contributed by atoms with van der Waals surface area (Å²) in [6, 6.07) is 7.26. The van der Waals surface area contributed by atoms with E-state index in [0.717, 1.165) is 5.39 Å². The van der Waals surface area contributed by atoms with Crippen LogP contribution >= 0.6 is 0 Å². The zero-order valence-corrected chi connectivity index (χ0v) is 13.9. The highest BCUT2D eigenvalue weighted by Gasteiger charge is 2.15. The maximum atomic E-state index is 12.3. The second kappa shape index (κ2) is 7.04. The summed E-state index contributed by atoms with van der Waals surface area (Å²) in [6.45, 7) is 0.0578. The maximum absolute atomic E-state index is 12.3. The van der Waals surface area contributed by atoms with Crippen molar-refractivity contribution in [2.45, 2.75) is 6.54 Å². The standard InChI is InChI=1S/C16H16N4O5/c1-22-10-6-4-5-9-7-11(25-13(9)10)14(21)17-8-12-18-15(23-2)20-16(19-12)24-3/h4-7H,8H2,1-3H3,(H,17,21). The van der Waals surface area contributed by atoms with Crippen LogP contribution in [0.4, 0.5) is 0 Å². The van der Waals surface area contributed by atoms with E-state index in [2.05, 4.69) is 20.3 Å². The monoisotopic (exact) mass is 344 g/mol. The minimum atomic E-state index is -0.406. The molecule has 1 N–H and O–H groups in total. The lowest BCUT2D eigenvalue weighted by molar-refractivity contribution is 0.0923. The van der Waals surface area contributed by atoms with Gasteiger partial charge in [-0.05, 0) is 12.1 Å². The fourth-order valence-corrected chi connectivity index (χ4v) is 2.19. The topological polar surface area (TPSA) is 109 Å². The Balaban J connectivity index is 1.77. The Kier molecular flexibility index (Phi) is 4.64. The van der Waals surface area contributed by atoms with Gasteiger partial charge in [-0.15, -0.1) is 4.98 Å². The lowest BCUT2D eigenvalue weighted by atomic mass is 10.2. The molecule has 2 aromatic heterocycles. The molecule has 0 spiro atoms. The molecule has 3 rings (SSSR count). The zero-order valence-electron chi connectivity index (χ0n) is 13.9. The largest absolute Gasteiger partial charge is 0.493 e. The van der Waals surface area contributed by atoms with Gasteiger partial charge >= 0.3 is 12.0 Å². The third-order valence-corrected chi connectivity index (χ3v) is 3.36.